The van der Waals surface area contributed by atoms with Crippen LogP contribution in [0.2, 0.25) is 5.02 Å². The van der Waals surface area contributed by atoms with E-state index in [1.54, 1.807) is 0 Å². The summed E-state index contributed by atoms with van der Waals surface area (Å²) in [5.41, 5.74) is 6.90. The Morgan fingerprint density at radius 1 is 1.53 bits per heavy atom. The number of thiazole rings is 1. The fourth-order valence-corrected chi connectivity index (χ4v) is 2.01. The van der Waals surface area contributed by atoms with Gasteiger partial charge in [0, 0.05) is 5.38 Å². The fourth-order valence-electron chi connectivity index (χ4n) is 1.23. The van der Waals surface area contributed by atoms with Crippen molar-refractivity contribution < 1.29 is 4.39 Å². The summed E-state index contributed by atoms with van der Waals surface area (Å²) in [5.74, 6) is -0.189. The summed E-state index contributed by atoms with van der Waals surface area (Å²) in [5, 5.41) is 2.75. The molecule has 1 aromatic heterocycles. The summed E-state index contributed by atoms with van der Waals surface area (Å²) in [6.07, 6.45) is 0. The predicted octanol–water partition coefficient (Wildman–Crippen LogP) is 3.28. The number of nitrogens with zero attached hydrogens (tertiary/aromatic N) is 2. The van der Waals surface area contributed by atoms with Crippen molar-refractivity contribution in [1.82, 2.24) is 4.98 Å². The van der Waals surface area contributed by atoms with Gasteiger partial charge in [-0.3, -0.25) is 0 Å². The lowest BCUT2D eigenvalue weighted by Crippen LogP contribution is -2.13. The molecule has 17 heavy (non-hydrogen) atoms. The van der Waals surface area contributed by atoms with E-state index in [0.717, 1.165) is 5.01 Å². The minimum Gasteiger partial charge on any atom is -0.382 e. The molecule has 3 nitrogen and oxygen atoms in total. The van der Waals surface area contributed by atoms with Crippen LogP contribution in [0.4, 0.5) is 10.1 Å². The SMILES string of the molecule is Cc1nc(C(N)=Nc2ccc(F)c(Cl)c2)cs1. The summed E-state index contributed by atoms with van der Waals surface area (Å²) in [4.78, 5) is 8.33. The molecule has 0 saturated heterocycles. The first kappa shape index (κ1) is 12.0. The average Bonchev–Trinajstić information content (AvgIpc) is 2.70. The average molecular weight is 270 g/mol. The molecule has 1 heterocycles. The van der Waals surface area contributed by atoms with Crippen LogP contribution in [0.3, 0.4) is 0 Å². The zero-order chi connectivity index (χ0) is 12.4. The summed E-state index contributed by atoms with van der Waals surface area (Å²) in [7, 11) is 0. The Kier molecular flexibility index (Phi) is 3.40. The molecule has 0 amide bonds. The highest BCUT2D eigenvalue weighted by Crippen LogP contribution is 2.22. The van der Waals surface area contributed by atoms with Crippen molar-refractivity contribution in [2.45, 2.75) is 6.92 Å². The van der Waals surface area contributed by atoms with Crippen LogP contribution in [0, 0.1) is 12.7 Å². The lowest BCUT2D eigenvalue weighted by molar-refractivity contribution is 0.628. The Morgan fingerprint density at radius 2 is 2.29 bits per heavy atom. The van der Waals surface area contributed by atoms with Crippen LogP contribution >= 0.6 is 22.9 Å². The maximum absolute atomic E-state index is 12.9. The van der Waals surface area contributed by atoms with E-state index in [4.69, 9.17) is 17.3 Å². The number of hydrogen-bond acceptors (Lipinski definition) is 3. The predicted molar refractivity (Wildman–Crippen MR) is 68.6 cm³/mol. The standard InChI is InChI=1S/C11H9ClFN3S/c1-6-15-10(5-17-6)11(14)16-7-2-3-9(13)8(12)4-7/h2-5H,1H3,(H2,14,16). The van der Waals surface area contributed by atoms with Gasteiger partial charge in [0.2, 0.25) is 0 Å². The molecule has 2 aromatic rings. The van der Waals surface area contributed by atoms with Gasteiger partial charge >= 0.3 is 0 Å². The molecule has 0 bridgehead atoms. The zero-order valence-electron chi connectivity index (χ0n) is 8.95. The summed E-state index contributed by atoms with van der Waals surface area (Å²) < 4.78 is 12.9. The third-order valence-corrected chi connectivity index (χ3v) is 3.10. The van der Waals surface area contributed by atoms with Crippen molar-refractivity contribution in [2.24, 2.45) is 10.7 Å². The minimum absolute atomic E-state index is 0.0218. The second-order valence-corrected chi connectivity index (χ2v) is 4.82. The van der Waals surface area contributed by atoms with Gasteiger partial charge in [0.25, 0.3) is 0 Å². The highest BCUT2D eigenvalue weighted by Gasteiger charge is 2.04. The molecule has 2 N–H and O–H groups in total. The molecule has 1 aromatic carbocycles. The smallest absolute Gasteiger partial charge is 0.150 e. The van der Waals surface area contributed by atoms with E-state index in [9.17, 15) is 4.39 Å². The van der Waals surface area contributed by atoms with Crippen LogP contribution in [-0.4, -0.2) is 10.8 Å². The number of nitrogens with two attached hydrogens (primary N) is 1. The zero-order valence-corrected chi connectivity index (χ0v) is 10.5. The molecule has 0 aliphatic carbocycles. The van der Waals surface area contributed by atoms with Gasteiger partial charge in [0.05, 0.1) is 15.7 Å². The van der Waals surface area contributed by atoms with Gasteiger partial charge in [-0.15, -0.1) is 11.3 Å². The molecule has 2 rings (SSSR count). The van der Waals surface area contributed by atoms with Crippen molar-refractivity contribution in [1.29, 1.82) is 0 Å². The maximum atomic E-state index is 12.9. The summed E-state index contributed by atoms with van der Waals surface area (Å²) in [6, 6.07) is 4.18. The minimum atomic E-state index is -0.478. The number of benzene rings is 1. The second kappa shape index (κ2) is 4.81. The first-order valence-electron chi connectivity index (χ1n) is 4.78. The van der Waals surface area contributed by atoms with Crippen molar-refractivity contribution in [3.8, 4) is 0 Å². The number of aliphatic imine (C=N–C) groups is 1. The monoisotopic (exact) mass is 269 g/mol. The van der Waals surface area contributed by atoms with E-state index in [2.05, 4.69) is 9.98 Å². The Labute approximate surface area is 107 Å². The molecule has 0 spiro atoms. The molecule has 0 atom stereocenters. The van der Waals surface area contributed by atoms with Crippen molar-refractivity contribution in [2.75, 3.05) is 0 Å². The number of hydrogen-bond donors (Lipinski definition) is 1. The van der Waals surface area contributed by atoms with Crippen LogP contribution in [0.25, 0.3) is 0 Å². The van der Waals surface area contributed by atoms with Gasteiger partial charge in [-0.1, -0.05) is 11.6 Å². The Morgan fingerprint density at radius 3 is 2.88 bits per heavy atom. The Bertz CT molecular complexity index is 580. The van der Waals surface area contributed by atoms with Gasteiger partial charge in [-0.25, -0.2) is 14.4 Å². The maximum Gasteiger partial charge on any atom is 0.150 e. The molecule has 0 unspecified atom stereocenters. The molecule has 0 saturated carbocycles. The van der Waals surface area contributed by atoms with Crippen molar-refractivity contribution >= 4 is 34.5 Å². The quantitative estimate of drug-likeness (QED) is 0.672. The van der Waals surface area contributed by atoms with Gasteiger partial charge in [-0.05, 0) is 25.1 Å². The molecule has 0 aliphatic heterocycles. The summed E-state index contributed by atoms with van der Waals surface area (Å²) >= 11 is 7.14. The lowest BCUT2D eigenvalue weighted by atomic mass is 10.3. The molecule has 6 heteroatoms. The molecular weight excluding hydrogens is 261 g/mol. The van der Waals surface area contributed by atoms with Crippen molar-refractivity contribution in [3.63, 3.8) is 0 Å². The number of aryl methyl sites for hydroxylation is 1. The van der Waals surface area contributed by atoms with Crippen LogP contribution < -0.4 is 5.73 Å². The van der Waals surface area contributed by atoms with Crippen LogP contribution in [0.1, 0.15) is 10.7 Å². The third kappa shape index (κ3) is 2.81. The highest BCUT2D eigenvalue weighted by molar-refractivity contribution is 7.09. The van der Waals surface area contributed by atoms with Crippen LogP contribution in [0.15, 0.2) is 28.6 Å². The van der Waals surface area contributed by atoms with E-state index in [-0.39, 0.29) is 10.9 Å². The fraction of sp³-hybridized carbons (Fsp3) is 0.0909. The van der Waals surface area contributed by atoms with E-state index in [1.165, 1.54) is 29.5 Å². The number of rotatable bonds is 2. The number of halogens is 2. The van der Waals surface area contributed by atoms with Gasteiger partial charge < -0.3 is 5.73 Å². The third-order valence-electron chi connectivity index (χ3n) is 2.03. The Hall–Kier alpha value is -1.46. The highest BCUT2D eigenvalue weighted by atomic mass is 35.5. The Balaban J connectivity index is 2.32. The van der Waals surface area contributed by atoms with E-state index < -0.39 is 5.82 Å². The molecule has 0 radical (unpaired) electrons. The molecule has 0 aliphatic rings. The molecule has 88 valence electrons. The normalized spacial score (nSPS) is 11.8. The van der Waals surface area contributed by atoms with Gasteiger partial charge in [0.1, 0.15) is 11.5 Å². The van der Waals surface area contributed by atoms with Crippen LogP contribution in [-0.2, 0) is 0 Å². The summed E-state index contributed by atoms with van der Waals surface area (Å²) in [6.45, 7) is 1.89. The van der Waals surface area contributed by atoms with E-state index >= 15 is 0 Å². The van der Waals surface area contributed by atoms with Crippen molar-refractivity contribution in [3.05, 3.63) is 45.1 Å². The first-order valence-corrected chi connectivity index (χ1v) is 6.04. The van der Waals surface area contributed by atoms with Gasteiger partial charge in [0.15, 0.2) is 5.84 Å². The first-order chi connectivity index (χ1) is 8.06. The second-order valence-electron chi connectivity index (χ2n) is 3.35. The molecule has 0 fully saturated rings. The van der Waals surface area contributed by atoms with Gasteiger partial charge in [-0.2, -0.15) is 0 Å². The van der Waals surface area contributed by atoms with E-state index in [0.29, 0.717) is 11.4 Å². The molecular formula is C11H9ClFN3S. The topological polar surface area (TPSA) is 51.3 Å². The number of amidine groups is 1. The lowest BCUT2D eigenvalue weighted by Gasteiger charge is -1.99. The number of aromatic nitrogens is 1. The largest absolute Gasteiger partial charge is 0.382 e. The van der Waals surface area contributed by atoms with Crippen LogP contribution in [0.5, 0.6) is 0 Å². The van der Waals surface area contributed by atoms with E-state index in [1.807, 2.05) is 12.3 Å².